The van der Waals surface area contributed by atoms with Crippen molar-refractivity contribution in [3.63, 3.8) is 0 Å². The molecule has 0 bridgehead atoms. The van der Waals surface area contributed by atoms with Gasteiger partial charge in [-0.1, -0.05) is 13.3 Å². The normalized spacial score (nSPS) is 24.6. The zero-order chi connectivity index (χ0) is 11.4. The molecule has 1 unspecified atom stereocenters. The van der Waals surface area contributed by atoms with E-state index < -0.39 is 0 Å². The first-order valence-electron chi connectivity index (χ1n) is 5.83. The fourth-order valence-electron chi connectivity index (χ4n) is 2.32. The Morgan fingerprint density at radius 2 is 2.56 bits per heavy atom. The highest BCUT2D eigenvalue weighted by Gasteiger charge is 2.39. The lowest BCUT2D eigenvalue weighted by molar-refractivity contribution is -0.122. The number of rotatable bonds is 4. The lowest BCUT2D eigenvalue weighted by Crippen LogP contribution is -2.50. The molecule has 0 aromatic carbocycles. The Morgan fingerprint density at radius 3 is 3.12 bits per heavy atom. The molecule has 1 atom stereocenters. The molecule has 5 nitrogen and oxygen atoms in total. The molecule has 88 valence electrons. The van der Waals surface area contributed by atoms with Crippen LogP contribution in [0, 0.1) is 0 Å². The van der Waals surface area contributed by atoms with Crippen molar-refractivity contribution in [1.82, 2.24) is 15.5 Å². The second kappa shape index (κ2) is 4.65. The van der Waals surface area contributed by atoms with Crippen molar-refractivity contribution >= 4 is 11.7 Å². The third-order valence-corrected chi connectivity index (χ3v) is 3.10. The summed E-state index contributed by atoms with van der Waals surface area (Å²) in [6, 6.07) is 1.76. The highest BCUT2D eigenvalue weighted by molar-refractivity contribution is 5.97. The Bertz CT molecular complexity index is 341. The van der Waals surface area contributed by atoms with Crippen LogP contribution in [0.3, 0.4) is 0 Å². The molecule has 1 saturated heterocycles. The quantitative estimate of drug-likeness (QED) is 0.718. The Hall–Kier alpha value is -1.36. The van der Waals surface area contributed by atoms with Crippen LogP contribution in [-0.4, -0.2) is 28.2 Å². The molecule has 2 heterocycles. The van der Waals surface area contributed by atoms with Crippen molar-refractivity contribution in [2.24, 2.45) is 0 Å². The van der Waals surface area contributed by atoms with Gasteiger partial charge in [0.05, 0.1) is 11.7 Å². The van der Waals surface area contributed by atoms with E-state index in [1.54, 1.807) is 12.3 Å². The van der Waals surface area contributed by atoms with E-state index in [1.165, 1.54) is 0 Å². The smallest absolute Gasteiger partial charge is 0.245 e. The first-order valence-corrected chi connectivity index (χ1v) is 5.83. The van der Waals surface area contributed by atoms with Crippen LogP contribution in [0.1, 0.15) is 32.6 Å². The number of nitrogens with one attached hydrogen (secondary N) is 3. The highest BCUT2D eigenvalue weighted by Crippen LogP contribution is 2.26. The monoisotopic (exact) mass is 222 g/mol. The number of carbonyl (C=O) groups is 1. The Kier molecular flexibility index (Phi) is 3.24. The number of H-pyrrole nitrogens is 1. The van der Waals surface area contributed by atoms with Gasteiger partial charge in [0.15, 0.2) is 0 Å². The molecule has 1 aliphatic rings. The second-order valence-corrected chi connectivity index (χ2v) is 4.29. The highest BCUT2D eigenvalue weighted by atomic mass is 16.2. The van der Waals surface area contributed by atoms with E-state index in [1.807, 2.05) is 0 Å². The van der Waals surface area contributed by atoms with Crippen LogP contribution in [-0.2, 0) is 4.79 Å². The number of nitrogens with zero attached hydrogens (tertiary/aromatic N) is 1. The van der Waals surface area contributed by atoms with Crippen molar-refractivity contribution in [3.8, 4) is 0 Å². The van der Waals surface area contributed by atoms with E-state index in [-0.39, 0.29) is 11.4 Å². The zero-order valence-electron chi connectivity index (χ0n) is 9.55. The maximum absolute atomic E-state index is 12.2. The van der Waals surface area contributed by atoms with Crippen molar-refractivity contribution in [2.45, 2.75) is 38.1 Å². The van der Waals surface area contributed by atoms with E-state index in [0.29, 0.717) is 5.82 Å². The van der Waals surface area contributed by atoms with Crippen LogP contribution < -0.4 is 10.6 Å². The van der Waals surface area contributed by atoms with Crippen molar-refractivity contribution < 1.29 is 4.79 Å². The summed E-state index contributed by atoms with van der Waals surface area (Å²) in [5.74, 6) is 0.713. The molecule has 0 radical (unpaired) electrons. The average molecular weight is 222 g/mol. The molecule has 0 saturated carbocycles. The third-order valence-electron chi connectivity index (χ3n) is 3.10. The molecule has 1 aromatic heterocycles. The number of anilines is 1. The number of hydrogen-bond donors (Lipinski definition) is 3. The fourth-order valence-corrected chi connectivity index (χ4v) is 2.32. The third kappa shape index (κ3) is 2.09. The summed E-state index contributed by atoms with van der Waals surface area (Å²) >= 11 is 0. The van der Waals surface area contributed by atoms with Crippen molar-refractivity contribution in [2.75, 3.05) is 11.9 Å². The van der Waals surface area contributed by atoms with Gasteiger partial charge in [0.25, 0.3) is 0 Å². The minimum Gasteiger partial charge on any atom is -0.309 e. The van der Waals surface area contributed by atoms with Gasteiger partial charge in [-0.05, 0) is 25.8 Å². The SMILES string of the molecule is CCCC1(C(=O)Nc2ccn[nH]2)CCCN1. The number of amides is 1. The maximum atomic E-state index is 12.2. The molecule has 16 heavy (non-hydrogen) atoms. The molecule has 3 N–H and O–H groups in total. The molecule has 1 amide bonds. The van der Waals surface area contributed by atoms with Crippen LogP contribution in [0.5, 0.6) is 0 Å². The zero-order valence-corrected chi connectivity index (χ0v) is 9.55. The lowest BCUT2D eigenvalue weighted by atomic mass is 9.91. The Morgan fingerprint density at radius 1 is 1.69 bits per heavy atom. The van der Waals surface area contributed by atoms with Gasteiger partial charge in [-0.15, -0.1) is 0 Å². The van der Waals surface area contributed by atoms with Gasteiger partial charge < -0.3 is 10.6 Å². The first kappa shape index (κ1) is 11.1. The van der Waals surface area contributed by atoms with Gasteiger partial charge >= 0.3 is 0 Å². The van der Waals surface area contributed by atoms with E-state index in [2.05, 4.69) is 27.8 Å². The van der Waals surface area contributed by atoms with E-state index >= 15 is 0 Å². The van der Waals surface area contributed by atoms with Crippen LogP contribution in [0.25, 0.3) is 0 Å². The molecular formula is C11H18N4O. The minimum absolute atomic E-state index is 0.0519. The van der Waals surface area contributed by atoms with Gasteiger partial charge in [0.2, 0.25) is 5.91 Å². The molecule has 1 aliphatic heterocycles. The fraction of sp³-hybridized carbons (Fsp3) is 0.636. The molecule has 5 heteroatoms. The summed E-state index contributed by atoms with van der Waals surface area (Å²) in [4.78, 5) is 12.2. The van der Waals surface area contributed by atoms with Gasteiger partial charge in [-0.2, -0.15) is 5.10 Å². The van der Waals surface area contributed by atoms with Crippen LogP contribution in [0.2, 0.25) is 0 Å². The lowest BCUT2D eigenvalue weighted by Gasteiger charge is -2.27. The van der Waals surface area contributed by atoms with Gasteiger partial charge in [0.1, 0.15) is 5.82 Å². The average Bonchev–Trinajstić information content (AvgIpc) is 2.89. The molecule has 1 fully saturated rings. The maximum Gasteiger partial charge on any atom is 0.245 e. The standard InChI is InChI=1S/C11H18N4O/c1-2-5-11(6-3-7-12-11)10(16)14-9-4-8-13-15-9/h4,8,12H,2-3,5-7H2,1H3,(H2,13,14,15,16). The molecule has 0 spiro atoms. The summed E-state index contributed by atoms with van der Waals surface area (Å²) in [7, 11) is 0. The summed E-state index contributed by atoms with van der Waals surface area (Å²) in [5.41, 5.74) is -0.375. The molecule has 0 aliphatic carbocycles. The van der Waals surface area contributed by atoms with Crippen LogP contribution in [0.4, 0.5) is 5.82 Å². The Labute approximate surface area is 95.0 Å². The first-order chi connectivity index (χ1) is 7.77. The van der Waals surface area contributed by atoms with Crippen LogP contribution in [0.15, 0.2) is 12.3 Å². The number of hydrogen-bond acceptors (Lipinski definition) is 3. The summed E-state index contributed by atoms with van der Waals surface area (Å²) in [5, 5.41) is 12.8. The van der Waals surface area contributed by atoms with Crippen molar-refractivity contribution in [1.29, 1.82) is 0 Å². The number of aromatic amines is 1. The second-order valence-electron chi connectivity index (χ2n) is 4.29. The summed E-state index contributed by atoms with van der Waals surface area (Å²) < 4.78 is 0. The summed E-state index contributed by atoms with van der Waals surface area (Å²) in [6.07, 6.45) is 5.50. The van der Waals surface area contributed by atoms with Gasteiger partial charge in [-0.25, -0.2) is 0 Å². The predicted octanol–water partition coefficient (Wildman–Crippen LogP) is 1.27. The van der Waals surface area contributed by atoms with E-state index in [0.717, 1.165) is 32.2 Å². The van der Waals surface area contributed by atoms with Gasteiger partial charge in [0, 0.05) is 6.07 Å². The largest absolute Gasteiger partial charge is 0.309 e. The van der Waals surface area contributed by atoms with E-state index in [4.69, 9.17) is 0 Å². The molecule has 1 aromatic rings. The summed E-state index contributed by atoms with van der Waals surface area (Å²) in [6.45, 7) is 3.03. The number of carbonyl (C=O) groups excluding carboxylic acids is 1. The van der Waals surface area contributed by atoms with Crippen molar-refractivity contribution in [3.05, 3.63) is 12.3 Å². The molecule has 2 rings (SSSR count). The van der Waals surface area contributed by atoms with E-state index in [9.17, 15) is 4.79 Å². The molecular weight excluding hydrogens is 204 g/mol. The van der Waals surface area contributed by atoms with Crippen LogP contribution >= 0.6 is 0 Å². The number of aromatic nitrogens is 2. The Balaban J connectivity index is 2.05. The predicted molar refractivity (Wildman–Crippen MR) is 62.1 cm³/mol. The van der Waals surface area contributed by atoms with Gasteiger partial charge in [-0.3, -0.25) is 9.89 Å². The topological polar surface area (TPSA) is 69.8 Å². The minimum atomic E-state index is -0.375.